The first-order valence-electron chi connectivity index (χ1n) is 5.11. The average Bonchev–Trinajstić information content (AvgIpc) is 2.29. The van der Waals surface area contributed by atoms with Crippen molar-refractivity contribution < 1.29 is 9.53 Å². The van der Waals surface area contributed by atoms with Crippen LogP contribution in [-0.2, 0) is 4.79 Å². The van der Waals surface area contributed by atoms with E-state index in [9.17, 15) is 4.79 Å². The molecule has 0 saturated carbocycles. The molecule has 2 rings (SSSR count). The lowest BCUT2D eigenvalue weighted by molar-refractivity contribution is -0.117. The summed E-state index contributed by atoms with van der Waals surface area (Å²) in [6.45, 7) is 1.63. The number of halogens is 2. The Hall–Kier alpha value is -1.06. The summed E-state index contributed by atoms with van der Waals surface area (Å²) in [4.78, 5) is 10.9. The Bertz CT molecular complexity index is 568. The Balaban J connectivity index is 2.32. The molecule has 0 aliphatic rings. The van der Waals surface area contributed by atoms with Gasteiger partial charge in [0.05, 0.1) is 0 Å². The van der Waals surface area contributed by atoms with Gasteiger partial charge < -0.3 is 4.74 Å². The zero-order chi connectivity index (χ0) is 12.4. The monoisotopic (exact) mass is 312 g/mol. The van der Waals surface area contributed by atoms with E-state index >= 15 is 0 Å². The Morgan fingerprint density at radius 1 is 1.24 bits per heavy atom. The van der Waals surface area contributed by atoms with Crippen molar-refractivity contribution in [2.24, 2.45) is 0 Å². The second-order valence-electron chi connectivity index (χ2n) is 3.72. The van der Waals surface area contributed by atoms with Crippen LogP contribution in [0.1, 0.15) is 6.92 Å². The maximum atomic E-state index is 10.9. The van der Waals surface area contributed by atoms with Gasteiger partial charge in [0, 0.05) is 4.47 Å². The van der Waals surface area contributed by atoms with Crippen molar-refractivity contribution in [2.75, 3.05) is 0 Å². The van der Waals surface area contributed by atoms with Crippen LogP contribution in [0.5, 0.6) is 5.75 Å². The third kappa shape index (κ3) is 2.99. The van der Waals surface area contributed by atoms with Crippen LogP contribution in [0.2, 0.25) is 0 Å². The van der Waals surface area contributed by atoms with Gasteiger partial charge in [-0.25, -0.2) is 0 Å². The van der Waals surface area contributed by atoms with Crippen LogP contribution >= 0.6 is 27.5 Å². The number of rotatable bonds is 3. The van der Waals surface area contributed by atoms with Gasteiger partial charge >= 0.3 is 0 Å². The predicted octanol–water partition coefficient (Wildman–Crippen LogP) is 4.14. The van der Waals surface area contributed by atoms with Crippen molar-refractivity contribution >= 4 is 43.5 Å². The predicted molar refractivity (Wildman–Crippen MR) is 72.6 cm³/mol. The lowest BCUT2D eigenvalue weighted by Gasteiger charge is -2.11. The van der Waals surface area contributed by atoms with Crippen molar-refractivity contribution in [1.82, 2.24) is 0 Å². The molecular formula is C13H10BrClO2. The summed E-state index contributed by atoms with van der Waals surface area (Å²) < 4.78 is 6.45. The van der Waals surface area contributed by atoms with Crippen molar-refractivity contribution in [2.45, 2.75) is 13.0 Å². The Morgan fingerprint density at radius 2 is 1.88 bits per heavy atom. The van der Waals surface area contributed by atoms with E-state index in [2.05, 4.69) is 15.9 Å². The summed E-state index contributed by atoms with van der Waals surface area (Å²) in [5.74, 6) is 0.640. The van der Waals surface area contributed by atoms with Gasteiger partial charge in [0.1, 0.15) is 5.75 Å². The lowest BCUT2D eigenvalue weighted by atomic mass is 10.1. The number of hydrogen-bond donors (Lipinski definition) is 0. The molecule has 2 nitrogen and oxygen atoms in total. The molecule has 0 N–H and O–H groups in total. The summed E-state index contributed by atoms with van der Waals surface area (Å²) in [6, 6.07) is 11.6. The van der Waals surface area contributed by atoms with E-state index in [-0.39, 0.29) is 0 Å². The molecule has 0 spiro atoms. The van der Waals surface area contributed by atoms with E-state index in [0.717, 1.165) is 15.2 Å². The van der Waals surface area contributed by atoms with Crippen LogP contribution in [-0.4, -0.2) is 11.3 Å². The minimum absolute atomic E-state index is 0.499. The first-order chi connectivity index (χ1) is 8.06. The Morgan fingerprint density at radius 3 is 2.59 bits per heavy atom. The third-order valence-electron chi connectivity index (χ3n) is 2.41. The van der Waals surface area contributed by atoms with Crippen molar-refractivity contribution in [3.05, 3.63) is 40.9 Å². The highest BCUT2D eigenvalue weighted by Crippen LogP contribution is 2.24. The van der Waals surface area contributed by atoms with Crippen LogP contribution < -0.4 is 4.74 Å². The van der Waals surface area contributed by atoms with Gasteiger partial charge in [0.25, 0.3) is 5.24 Å². The molecule has 0 fully saturated rings. The van der Waals surface area contributed by atoms with E-state index in [1.807, 2.05) is 36.4 Å². The number of fused-ring (bicyclic) bond motifs is 1. The minimum Gasteiger partial charge on any atom is -0.482 e. The molecule has 0 aliphatic carbocycles. The molecule has 0 amide bonds. The summed E-state index contributed by atoms with van der Waals surface area (Å²) in [6.07, 6.45) is -0.635. The Labute approximate surface area is 113 Å². The van der Waals surface area contributed by atoms with Crippen LogP contribution in [0, 0.1) is 0 Å². The smallest absolute Gasteiger partial charge is 0.262 e. The van der Waals surface area contributed by atoms with Crippen LogP contribution in [0.15, 0.2) is 40.9 Å². The summed E-state index contributed by atoms with van der Waals surface area (Å²) in [5, 5.41) is 1.66. The molecule has 0 heterocycles. The molecule has 0 bridgehead atoms. The SMILES string of the molecule is CC(Oc1ccc2cc(Br)ccc2c1)C(=O)Cl. The van der Waals surface area contributed by atoms with Gasteiger partial charge in [-0.1, -0.05) is 28.1 Å². The summed E-state index contributed by atoms with van der Waals surface area (Å²) >= 11 is 8.76. The van der Waals surface area contributed by atoms with Crippen LogP contribution in [0.3, 0.4) is 0 Å². The van der Waals surface area contributed by atoms with E-state index in [4.69, 9.17) is 16.3 Å². The standard InChI is InChI=1S/C13H10BrClO2/c1-8(13(15)16)17-12-5-3-9-6-11(14)4-2-10(9)7-12/h2-8H,1H3. The fourth-order valence-corrected chi connectivity index (χ4v) is 1.94. The second-order valence-corrected chi connectivity index (χ2v) is 5.01. The molecule has 0 saturated heterocycles. The van der Waals surface area contributed by atoms with E-state index in [0.29, 0.717) is 5.75 Å². The summed E-state index contributed by atoms with van der Waals surface area (Å²) in [7, 11) is 0. The lowest BCUT2D eigenvalue weighted by Crippen LogP contribution is -2.18. The van der Waals surface area contributed by atoms with Gasteiger partial charge in [0.2, 0.25) is 0 Å². The van der Waals surface area contributed by atoms with Crippen molar-refractivity contribution in [3.63, 3.8) is 0 Å². The zero-order valence-electron chi connectivity index (χ0n) is 9.11. The Kier molecular flexibility index (Phi) is 3.69. The van der Waals surface area contributed by atoms with Crippen LogP contribution in [0.4, 0.5) is 0 Å². The molecule has 0 radical (unpaired) electrons. The third-order valence-corrected chi connectivity index (χ3v) is 3.21. The molecule has 17 heavy (non-hydrogen) atoms. The molecule has 1 atom stereocenters. The van der Waals surface area contributed by atoms with Crippen molar-refractivity contribution in [1.29, 1.82) is 0 Å². The maximum absolute atomic E-state index is 10.9. The quantitative estimate of drug-likeness (QED) is 0.796. The average molecular weight is 314 g/mol. The highest BCUT2D eigenvalue weighted by molar-refractivity contribution is 9.10. The molecule has 4 heteroatoms. The number of benzene rings is 2. The fraction of sp³-hybridized carbons (Fsp3) is 0.154. The molecule has 2 aromatic carbocycles. The highest BCUT2D eigenvalue weighted by Gasteiger charge is 2.11. The topological polar surface area (TPSA) is 26.3 Å². The van der Waals surface area contributed by atoms with E-state index < -0.39 is 11.3 Å². The second kappa shape index (κ2) is 5.07. The van der Waals surface area contributed by atoms with Gasteiger partial charge in [-0.3, -0.25) is 4.79 Å². The normalized spacial score (nSPS) is 12.4. The highest BCUT2D eigenvalue weighted by atomic mass is 79.9. The fourth-order valence-electron chi connectivity index (χ4n) is 1.52. The number of hydrogen-bond acceptors (Lipinski definition) is 2. The molecule has 2 aromatic rings. The van der Waals surface area contributed by atoms with Gasteiger partial charge in [-0.15, -0.1) is 0 Å². The first-order valence-corrected chi connectivity index (χ1v) is 6.28. The largest absolute Gasteiger partial charge is 0.482 e. The molecule has 0 aromatic heterocycles. The number of ether oxygens (including phenoxy) is 1. The van der Waals surface area contributed by atoms with E-state index in [1.54, 1.807) is 6.92 Å². The maximum Gasteiger partial charge on any atom is 0.262 e. The first kappa shape index (κ1) is 12.4. The molecular weight excluding hydrogens is 303 g/mol. The number of carbonyl (C=O) groups excluding carboxylic acids is 1. The minimum atomic E-state index is -0.635. The van der Waals surface area contributed by atoms with Gasteiger partial charge in [0.15, 0.2) is 6.10 Å². The molecule has 1 unspecified atom stereocenters. The van der Waals surface area contributed by atoms with Crippen molar-refractivity contribution in [3.8, 4) is 5.75 Å². The van der Waals surface area contributed by atoms with Gasteiger partial charge in [-0.05, 0) is 53.6 Å². The molecule has 0 aliphatic heterocycles. The van der Waals surface area contributed by atoms with Gasteiger partial charge in [-0.2, -0.15) is 0 Å². The summed E-state index contributed by atoms with van der Waals surface area (Å²) in [5.41, 5.74) is 0. The molecule has 88 valence electrons. The number of carbonyl (C=O) groups is 1. The van der Waals surface area contributed by atoms with E-state index in [1.165, 1.54) is 0 Å². The zero-order valence-corrected chi connectivity index (χ0v) is 11.5. The van der Waals surface area contributed by atoms with Crippen LogP contribution in [0.25, 0.3) is 10.8 Å².